The van der Waals surface area contributed by atoms with Gasteiger partial charge in [-0.15, -0.1) is 0 Å². The number of anilines is 2. The van der Waals surface area contributed by atoms with Gasteiger partial charge in [0.25, 0.3) is 5.56 Å². The molecule has 0 atom stereocenters. The fourth-order valence-electron chi connectivity index (χ4n) is 2.41. The van der Waals surface area contributed by atoms with E-state index in [9.17, 15) is 9.18 Å². The second-order valence-electron chi connectivity index (χ2n) is 5.63. The molecule has 0 fully saturated rings. The van der Waals surface area contributed by atoms with Crippen LogP contribution in [0.15, 0.2) is 47.4 Å². The Morgan fingerprint density at radius 2 is 2.08 bits per heavy atom. The summed E-state index contributed by atoms with van der Waals surface area (Å²) < 4.78 is 20.0. The van der Waals surface area contributed by atoms with Crippen molar-refractivity contribution in [2.45, 2.75) is 13.5 Å². The molecule has 2 aromatic carbocycles. The first-order valence-corrected chi connectivity index (χ1v) is 8.14. The Hall–Kier alpha value is -2.93. The first-order chi connectivity index (χ1) is 12.5. The summed E-state index contributed by atoms with van der Waals surface area (Å²) in [5.41, 5.74) is 1.94. The van der Waals surface area contributed by atoms with Crippen LogP contribution in [-0.2, 0) is 6.54 Å². The first-order valence-electron chi connectivity index (χ1n) is 7.76. The van der Waals surface area contributed by atoms with E-state index in [2.05, 4.69) is 15.4 Å². The molecule has 0 unspecified atom stereocenters. The zero-order valence-electron chi connectivity index (χ0n) is 14.2. The molecule has 134 valence electrons. The van der Waals surface area contributed by atoms with E-state index in [-0.39, 0.29) is 17.5 Å². The first kappa shape index (κ1) is 17.9. The van der Waals surface area contributed by atoms with Crippen molar-refractivity contribution in [3.05, 3.63) is 74.9 Å². The van der Waals surface area contributed by atoms with Crippen LogP contribution in [0.1, 0.15) is 11.1 Å². The number of nitrogens with one attached hydrogen (secondary N) is 1. The minimum atomic E-state index is -0.492. The second kappa shape index (κ2) is 7.53. The molecule has 0 saturated heterocycles. The summed E-state index contributed by atoms with van der Waals surface area (Å²) in [5, 5.41) is 7.23. The van der Waals surface area contributed by atoms with Crippen molar-refractivity contribution in [3.63, 3.8) is 0 Å². The van der Waals surface area contributed by atoms with Gasteiger partial charge >= 0.3 is 0 Å². The maximum atomic E-state index is 13.3. The SMILES string of the molecule is COc1ccc(Nc2nc(=O)cnn2Cc2ccc(F)c(Cl)c2)c(C)c1. The number of aryl methyl sites for hydroxylation is 1. The van der Waals surface area contributed by atoms with Gasteiger partial charge in [-0.05, 0) is 48.4 Å². The molecule has 0 spiro atoms. The van der Waals surface area contributed by atoms with Crippen LogP contribution in [0.3, 0.4) is 0 Å². The molecular weight excluding hydrogens is 359 g/mol. The number of aromatic nitrogens is 3. The summed E-state index contributed by atoms with van der Waals surface area (Å²) in [6.07, 6.45) is 1.12. The van der Waals surface area contributed by atoms with Gasteiger partial charge in [0.1, 0.15) is 17.8 Å². The minimum absolute atomic E-state index is 0.0250. The van der Waals surface area contributed by atoms with Gasteiger partial charge in [0.2, 0.25) is 5.95 Å². The number of rotatable bonds is 5. The van der Waals surface area contributed by atoms with E-state index < -0.39 is 11.4 Å². The highest BCUT2D eigenvalue weighted by Crippen LogP contribution is 2.24. The molecule has 3 aromatic rings. The molecule has 26 heavy (non-hydrogen) atoms. The molecule has 3 rings (SSSR count). The molecule has 1 aromatic heterocycles. The number of hydrogen-bond acceptors (Lipinski definition) is 5. The minimum Gasteiger partial charge on any atom is -0.497 e. The Kier molecular flexibility index (Phi) is 5.18. The maximum Gasteiger partial charge on any atom is 0.293 e. The molecule has 0 aliphatic rings. The highest BCUT2D eigenvalue weighted by atomic mass is 35.5. The fraction of sp³-hybridized carbons (Fsp3) is 0.167. The summed E-state index contributed by atoms with van der Waals surface area (Å²) in [6.45, 7) is 2.17. The van der Waals surface area contributed by atoms with Crippen LogP contribution in [0, 0.1) is 12.7 Å². The average molecular weight is 375 g/mol. The number of hydrogen-bond donors (Lipinski definition) is 1. The topological polar surface area (TPSA) is 69.0 Å². The zero-order chi connectivity index (χ0) is 18.7. The third kappa shape index (κ3) is 4.00. The number of methoxy groups -OCH3 is 1. The lowest BCUT2D eigenvalue weighted by molar-refractivity contribution is 0.414. The predicted octanol–water partition coefficient (Wildman–Crippen LogP) is 3.54. The predicted molar refractivity (Wildman–Crippen MR) is 97.8 cm³/mol. The molecule has 1 N–H and O–H groups in total. The van der Waals surface area contributed by atoms with Crippen molar-refractivity contribution in [1.29, 1.82) is 0 Å². The quantitative estimate of drug-likeness (QED) is 0.739. The van der Waals surface area contributed by atoms with Gasteiger partial charge in [0.15, 0.2) is 0 Å². The summed E-state index contributed by atoms with van der Waals surface area (Å²) >= 11 is 5.83. The average Bonchev–Trinajstić information content (AvgIpc) is 2.62. The van der Waals surface area contributed by atoms with Crippen molar-refractivity contribution in [1.82, 2.24) is 14.8 Å². The van der Waals surface area contributed by atoms with Crippen molar-refractivity contribution in [3.8, 4) is 5.75 Å². The molecule has 8 heteroatoms. The van der Waals surface area contributed by atoms with Gasteiger partial charge in [-0.25, -0.2) is 9.07 Å². The van der Waals surface area contributed by atoms with Crippen molar-refractivity contribution in [2.75, 3.05) is 12.4 Å². The molecule has 0 bridgehead atoms. The molecule has 6 nitrogen and oxygen atoms in total. The highest BCUT2D eigenvalue weighted by Gasteiger charge is 2.09. The second-order valence-corrected chi connectivity index (χ2v) is 6.04. The van der Waals surface area contributed by atoms with E-state index in [1.54, 1.807) is 19.2 Å². The Balaban J connectivity index is 1.93. The van der Waals surface area contributed by atoms with E-state index in [1.165, 1.54) is 16.8 Å². The smallest absolute Gasteiger partial charge is 0.293 e. The molecule has 0 radical (unpaired) electrons. The van der Waals surface area contributed by atoms with Gasteiger partial charge in [-0.2, -0.15) is 10.1 Å². The van der Waals surface area contributed by atoms with Gasteiger partial charge in [0, 0.05) is 5.69 Å². The number of halogens is 2. The lowest BCUT2D eigenvalue weighted by Crippen LogP contribution is -2.19. The van der Waals surface area contributed by atoms with Gasteiger partial charge in [-0.3, -0.25) is 4.79 Å². The molecule has 0 saturated carbocycles. The van der Waals surface area contributed by atoms with Crippen LogP contribution in [0.25, 0.3) is 0 Å². The van der Waals surface area contributed by atoms with Crippen LogP contribution in [0.2, 0.25) is 5.02 Å². The monoisotopic (exact) mass is 374 g/mol. The van der Waals surface area contributed by atoms with E-state index in [0.29, 0.717) is 0 Å². The number of ether oxygens (including phenoxy) is 1. The maximum absolute atomic E-state index is 13.3. The fourth-order valence-corrected chi connectivity index (χ4v) is 2.61. The van der Waals surface area contributed by atoms with Crippen LogP contribution in [-0.4, -0.2) is 21.9 Å². The zero-order valence-corrected chi connectivity index (χ0v) is 14.9. The largest absolute Gasteiger partial charge is 0.497 e. The summed E-state index contributed by atoms with van der Waals surface area (Å²) in [6, 6.07) is 9.89. The van der Waals surface area contributed by atoms with Crippen LogP contribution in [0.4, 0.5) is 16.0 Å². The summed E-state index contributed by atoms with van der Waals surface area (Å²) in [4.78, 5) is 15.6. The van der Waals surface area contributed by atoms with Gasteiger partial charge < -0.3 is 10.1 Å². The van der Waals surface area contributed by atoms with E-state index in [1.807, 2.05) is 19.1 Å². The van der Waals surface area contributed by atoms with Crippen molar-refractivity contribution >= 4 is 23.2 Å². The Labute approximate surface area is 154 Å². The third-order valence-corrected chi connectivity index (χ3v) is 4.05. The normalized spacial score (nSPS) is 10.6. The summed E-state index contributed by atoms with van der Waals surface area (Å²) in [7, 11) is 1.59. The summed E-state index contributed by atoms with van der Waals surface area (Å²) in [5.74, 6) is 0.505. The van der Waals surface area contributed by atoms with Gasteiger partial charge in [0.05, 0.1) is 18.7 Å². The molecule has 0 aliphatic carbocycles. The van der Waals surface area contributed by atoms with E-state index in [0.717, 1.165) is 28.8 Å². The molecule has 0 aliphatic heterocycles. The van der Waals surface area contributed by atoms with Gasteiger partial charge in [-0.1, -0.05) is 17.7 Å². The lowest BCUT2D eigenvalue weighted by Gasteiger charge is -2.14. The Morgan fingerprint density at radius 1 is 1.27 bits per heavy atom. The van der Waals surface area contributed by atoms with E-state index >= 15 is 0 Å². The van der Waals surface area contributed by atoms with Crippen LogP contribution >= 0.6 is 11.6 Å². The van der Waals surface area contributed by atoms with Crippen LogP contribution < -0.4 is 15.6 Å². The van der Waals surface area contributed by atoms with E-state index in [4.69, 9.17) is 16.3 Å². The van der Waals surface area contributed by atoms with Crippen molar-refractivity contribution < 1.29 is 9.13 Å². The van der Waals surface area contributed by atoms with Crippen molar-refractivity contribution in [2.24, 2.45) is 0 Å². The molecule has 0 amide bonds. The number of benzene rings is 2. The molecule has 1 heterocycles. The Bertz CT molecular complexity index is 1010. The highest BCUT2D eigenvalue weighted by molar-refractivity contribution is 6.30. The Morgan fingerprint density at radius 3 is 2.77 bits per heavy atom. The lowest BCUT2D eigenvalue weighted by atomic mass is 10.2. The third-order valence-electron chi connectivity index (χ3n) is 3.76. The van der Waals surface area contributed by atoms with Crippen LogP contribution in [0.5, 0.6) is 5.75 Å². The molecular formula is C18H16ClFN4O2. The number of nitrogens with zero attached hydrogens (tertiary/aromatic N) is 3. The standard InChI is InChI=1S/C18H16ClFN4O2/c1-11-7-13(26-2)4-6-16(11)22-18-23-17(25)9-21-24(18)10-12-3-5-15(20)14(19)8-12/h3-9H,10H2,1-2H3,(H,22,23,25).